The van der Waals surface area contributed by atoms with Crippen molar-refractivity contribution >= 4 is 44.4 Å². The van der Waals surface area contributed by atoms with Gasteiger partial charge in [0.2, 0.25) is 0 Å². The number of rotatable bonds is 7. The average Bonchev–Trinajstić information content (AvgIpc) is 2.72. The van der Waals surface area contributed by atoms with Gasteiger partial charge in [-0.05, 0) is 47.3 Å². The Hall–Kier alpha value is -2.88. The van der Waals surface area contributed by atoms with Gasteiger partial charge >= 0.3 is 0 Å². The number of likely N-dealkylation sites (tertiary alicyclic amines) is 1. The van der Waals surface area contributed by atoms with E-state index in [9.17, 15) is 13.2 Å². The van der Waals surface area contributed by atoms with Gasteiger partial charge in [-0.1, -0.05) is 17.7 Å². The van der Waals surface area contributed by atoms with Crippen molar-refractivity contribution in [1.29, 1.82) is 0 Å². The molecule has 0 atom stereocenters. The Labute approximate surface area is 191 Å². The molecule has 1 aliphatic rings. The molecule has 2 aromatic carbocycles. The Bertz CT molecular complexity index is 1330. The second-order valence-corrected chi connectivity index (χ2v) is 10.1. The zero-order valence-corrected chi connectivity index (χ0v) is 19.3. The quantitative estimate of drug-likeness (QED) is 0.404. The van der Waals surface area contributed by atoms with Crippen LogP contribution >= 0.6 is 11.6 Å². The molecule has 0 amide bonds. The van der Waals surface area contributed by atoms with Crippen molar-refractivity contribution in [3.8, 4) is 0 Å². The van der Waals surface area contributed by atoms with E-state index < -0.39 is 10.0 Å². The lowest BCUT2D eigenvalue weighted by Gasteiger charge is -2.40. The molecule has 4 rings (SSSR count). The molecule has 2 heterocycles. The predicted octanol–water partition coefficient (Wildman–Crippen LogP) is 2.76. The van der Waals surface area contributed by atoms with Crippen molar-refractivity contribution in [2.24, 2.45) is 4.40 Å². The van der Waals surface area contributed by atoms with E-state index in [1.54, 1.807) is 37.3 Å². The third-order valence-corrected chi connectivity index (χ3v) is 6.91. The fourth-order valence-electron chi connectivity index (χ4n) is 3.62. The lowest BCUT2D eigenvalue weighted by Crippen LogP contribution is -2.54. The highest BCUT2D eigenvalue weighted by molar-refractivity contribution is 7.90. The predicted molar refractivity (Wildman–Crippen MR) is 128 cm³/mol. The van der Waals surface area contributed by atoms with Gasteiger partial charge in [-0.25, -0.2) is 0 Å². The summed E-state index contributed by atoms with van der Waals surface area (Å²) in [5, 5.41) is 5.19. The summed E-state index contributed by atoms with van der Waals surface area (Å²) in [4.78, 5) is 18.3. The Morgan fingerprint density at radius 1 is 1.22 bits per heavy atom. The lowest BCUT2D eigenvalue weighted by atomic mass is 10.1. The SMILES string of the molecule is CN(C)/C=N/S(=O)(=O)c1cc(CN2CC(Nc3ccc4c(=O)[nH]ccc4c3)C2)ccc1Cl. The first-order chi connectivity index (χ1) is 15.2. The fourth-order valence-corrected chi connectivity index (χ4v) is 5.07. The van der Waals surface area contributed by atoms with Gasteiger partial charge in [0.1, 0.15) is 11.2 Å². The molecule has 32 heavy (non-hydrogen) atoms. The van der Waals surface area contributed by atoms with Crippen molar-refractivity contribution in [3.05, 3.63) is 69.6 Å². The molecule has 0 aliphatic carbocycles. The number of halogens is 1. The minimum atomic E-state index is -3.87. The number of hydrogen-bond donors (Lipinski definition) is 2. The van der Waals surface area contributed by atoms with Crippen LogP contribution < -0.4 is 10.9 Å². The molecule has 0 spiro atoms. The van der Waals surface area contributed by atoms with Crippen LogP contribution in [0.5, 0.6) is 0 Å². The van der Waals surface area contributed by atoms with Gasteiger partial charge in [0.15, 0.2) is 0 Å². The fraction of sp³-hybridized carbons (Fsp3) is 0.273. The van der Waals surface area contributed by atoms with Crippen LogP contribution in [0.2, 0.25) is 5.02 Å². The van der Waals surface area contributed by atoms with Gasteiger partial charge in [0.05, 0.1) is 11.1 Å². The molecule has 168 valence electrons. The largest absolute Gasteiger partial charge is 0.380 e. The molecule has 0 saturated carbocycles. The number of aromatic amines is 1. The maximum Gasteiger partial charge on any atom is 0.285 e. The summed E-state index contributed by atoms with van der Waals surface area (Å²) in [5.41, 5.74) is 1.73. The van der Waals surface area contributed by atoms with E-state index in [0.717, 1.165) is 29.7 Å². The highest BCUT2D eigenvalue weighted by Gasteiger charge is 2.27. The lowest BCUT2D eigenvalue weighted by molar-refractivity contribution is 0.153. The van der Waals surface area contributed by atoms with E-state index >= 15 is 0 Å². The van der Waals surface area contributed by atoms with Crippen molar-refractivity contribution < 1.29 is 8.42 Å². The maximum absolute atomic E-state index is 12.5. The number of nitrogens with zero attached hydrogens (tertiary/aromatic N) is 3. The van der Waals surface area contributed by atoms with Crippen molar-refractivity contribution in [2.75, 3.05) is 32.5 Å². The van der Waals surface area contributed by atoms with E-state index in [0.29, 0.717) is 11.9 Å². The second kappa shape index (κ2) is 8.93. The van der Waals surface area contributed by atoms with E-state index in [4.69, 9.17) is 11.6 Å². The number of H-pyrrole nitrogens is 1. The standard InChI is InChI=1S/C22H24ClN5O3S/c1-27(2)14-25-32(30,31)21-9-15(3-6-20(21)23)11-28-12-18(13-28)26-17-4-5-19-16(10-17)7-8-24-22(19)29/h3-10,14,18,26H,11-13H2,1-2H3,(H,24,29)/b25-14+. The third kappa shape index (κ3) is 4.95. The number of hydrogen-bond acceptors (Lipinski definition) is 5. The van der Waals surface area contributed by atoms with Crippen LogP contribution in [0, 0.1) is 0 Å². The van der Waals surface area contributed by atoms with Crippen LogP contribution in [0.15, 0.2) is 62.7 Å². The smallest absolute Gasteiger partial charge is 0.285 e. The topological polar surface area (TPSA) is 97.9 Å². The molecule has 0 radical (unpaired) electrons. The first kappa shape index (κ1) is 22.3. The molecule has 1 fully saturated rings. The first-order valence-corrected chi connectivity index (χ1v) is 11.9. The van der Waals surface area contributed by atoms with Crippen molar-refractivity contribution in [1.82, 2.24) is 14.8 Å². The first-order valence-electron chi connectivity index (χ1n) is 10.1. The van der Waals surface area contributed by atoms with E-state index in [1.165, 1.54) is 6.34 Å². The highest BCUT2D eigenvalue weighted by atomic mass is 35.5. The minimum Gasteiger partial charge on any atom is -0.380 e. The Morgan fingerprint density at radius 3 is 2.75 bits per heavy atom. The Balaban J connectivity index is 1.39. The molecule has 10 heteroatoms. The van der Waals surface area contributed by atoms with Crippen LogP contribution in [0.3, 0.4) is 0 Å². The second-order valence-electron chi connectivity index (χ2n) is 8.07. The van der Waals surface area contributed by atoms with Gasteiger partial charge in [-0.2, -0.15) is 8.42 Å². The normalized spacial score (nSPS) is 15.2. The summed E-state index contributed by atoms with van der Waals surface area (Å²) in [6.45, 7) is 2.25. The van der Waals surface area contributed by atoms with Gasteiger partial charge in [0.25, 0.3) is 15.6 Å². The zero-order chi connectivity index (χ0) is 22.9. The monoisotopic (exact) mass is 473 g/mol. The molecule has 3 aromatic rings. The number of aromatic nitrogens is 1. The molecule has 0 unspecified atom stereocenters. The maximum atomic E-state index is 12.5. The molecule has 1 aromatic heterocycles. The minimum absolute atomic E-state index is 0.0103. The number of pyridine rings is 1. The van der Waals surface area contributed by atoms with E-state index in [1.807, 2.05) is 30.3 Å². The molecule has 1 aliphatic heterocycles. The Kier molecular flexibility index (Phi) is 6.23. The van der Waals surface area contributed by atoms with Crippen LogP contribution in [-0.4, -0.2) is 62.8 Å². The van der Waals surface area contributed by atoms with Crippen LogP contribution in [-0.2, 0) is 16.6 Å². The summed E-state index contributed by atoms with van der Waals surface area (Å²) < 4.78 is 28.7. The number of nitrogens with one attached hydrogen (secondary N) is 2. The molecule has 2 N–H and O–H groups in total. The molecular formula is C22H24ClN5O3S. The molecule has 0 bridgehead atoms. The summed E-state index contributed by atoms with van der Waals surface area (Å²) in [7, 11) is -0.470. The van der Waals surface area contributed by atoms with E-state index in [2.05, 4.69) is 19.6 Å². The van der Waals surface area contributed by atoms with Crippen molar-refractivity contribution in [3.63, 3.8) is 0 Å². The summed E-state index contributed by atoms with van der Waals surface area (Å²) in [6.07, 6.45) is 2.89. The van der Waals surface area contributed by atoms with Gasteiger partial charge in [0, 0.05) is 51.0 Å². The van der Waals surface area contributed by atoms with Crippen LogP contribution in [0.1, 0.15) is 5.56 Å². The molecule has 1 saturated heterocycles. The van der Waals surface area contributed by atoms with Gasteiger partial charge < -0.3 is 15.2 Å². The molecule has 8 nitrogen and oxygen atoms in total. The number of anilines is 1. The van der Waals surface area contributed by atoms with Gasteiger partial charge in [-0.15, -0.1) is 4.40 Å². The van der Waals surface area contributed by atoms with E-state index in [-0.39, 0.29) is 21.5 Å². The number of sulfonamides is 1. The van der Waals surface area contributed by atoms with Crippen LogP contribution in [0.25, 0.3) is 10.8 Å². The summed E-state index contributed by atoms with van der Waals surface area (Å²) >= 11 is 6.13. The highest BCUT2D eigenvalue weighted by Crippen LogP contribution is 2.26. The Morgan fingerprint density at radius 2 is 2.00 bits per heavy atom. The number of benzene rings is 2. The van der Waals surface area contributed by atoms with Crippen molar-refractivity contribution in [2.45, 2.75) is 17.5 Å². The third-order valence-electron chi connectivity index (χ3n) is 5.20. The zero-order valence-electron chi connectivity index (χ0n) is 17.7. The summed E-state index contributed by atoms with van der Waals surface area (Å²) in [6, 6.07) is 12.9. The van der Waals surface area contributed by atoms with Crippen LogP contribution in [0.4, 0.5) is 5.69 Å². The molecular weight excluding hydrogens is 450 g/mol. The average molecular weight is 474 g/mol. The number of fused-ring (bicyclic) bond motifs is 1. The summed E-state index contributed by atoms with van der Waals surface area (Å²) in [5.74, 6) is 0. The van der Waals surface area contributed by atoms with Gasteiger partial charge in [-0.3, -0.25) is 9.69 Å².